The topological polar surface area (TPSA) is 38.0 Å². The Kier molecular flexibility index (Phi) is 6.90. The largest absolute Gasteiger partial charge is 0.271 e. The standard InChI is InChI=1S/C15H26N2/c1-3-5-11-14(4-2)15(17-16)12-13-9-7-6-8-10-13/h6-10,14-15,17H,3-5,11-12,16H2,1-2H3. The molecule has 0 spiro atoms. The highest BCUT2D eigenvalue weighted by Gasteiger charge is 2.18. The van der Waals surface area contributed by atoms with Crippen LogP contribution in [0.2, 0.25) is 0 Å². The number of unbranched alkanes of at least 4 members (excludes halogenated alkanes) is 1. The molecule has 0 fully saturated rings. The Morgan fingerprint density at radius 3 is 2.41 bits per heavy atom. The molecular weight excluding hydrogens is 208 g/mol. The lowest BCUT2D eigenvalue weighted by atomic mass is 9.88. The highest BCUT2D eigenvalue weighted by molar-refractivity contribution is 5.16. The fraction of sp³-hybridized carbons (Fsp3) is 0.600. The molecular formula is C15H26N2. The van der Waals surface area contributed by atoms with E-state index in [0.29, 0.717) is 12.0 Å². The molecule has 0 saturated carbocycles. The van der Waals surface area contributed by atoms with Crippen molar-refractivity contribution in [3.63, 3.8) is 0 Å². The number of hydrogen-bond acceptors (Lipinski definition) is 2. The van der Waals surface area contributed by atoms with Gasteiger partial charge in [-0.2, -0.15) is 0 Å². The molecule has 96 valence electrons. The maximum atomic E-state index is 5.72. The van der Waals surface area contributed by atoms with Crippen LogP contribution in [-0.4, -0.2) is 6.04 Å². The summed E-state index contributed by atoms with van der Waals surface area (Å²) in [7, 11) is 0. The summed E-state index contributed by atoms with van der Waals surface area (Å²) in [5.41, 5.74) is 4.38. The monoisotopic (exact) mass is 234 g/mol. The lowest BCUT2D eigenvalue weighted by molar-refractivity contribution is 0.318. The van der Waals surface area contributed by atoms with Gasteiger partial charge in [0.25, 0.3) is 0 Å². The molecule has 2 heteroatoms. The summed E-state index contributed by atoms with van der Waals surface area (Å²) < 4.78 is 0. The van der Waals surface area contributed by atoms with Crippen molar-refractivity contribution in [2.24, 2.45) is 11.8 Å². The molecule has 2 nitrogen and oxygen atoms in total. The van der Waals surface area contributed by atoms with E-state index < -0.39 is 0 Å². The second-order valence-corrected chi connectivity index (χ2v) is 4.77. The molecule has 2 atom stereocenters. The third-order valence-corrected chi connectivity index (χ3v) is 3.53. The summed E-state index contributed by atoms with van der Waals surface area (Å²) in [6.07, 6.45) is 6.06. The smallest absolute Gasteiger partial charge is 0.0279 e. The van der Waals surface area contributed by atoms with Crippen LogP contribution in [0.4, 0.5) is 0 Å². The SMILES string of the molecule is CCCCC(CC)C(Cc1ccccc1)NN. The van der Waals surface area contributed by atoms with Gasteiger partial charge >= 0.3 is 0 Å². The van der Waals surface area contributed by atoms with Crippen LogP contribution in [0.3, 0.4) is 0 Å². The van der Waals surface area contributed by atoms with E-state index in [1.54, 1.807) is 0 Å². The fourth-order valence-corrected chi connectivity index (χ4v) is 2.39. The molecule has 0 saturated heterocycles. The van der Waals surface area contributed by atoms with Gasteiger partial charge in [0.2, 0.25) is 0 Å². The first-order chi connectivity index (χ1) is 8.31. The Morgan fingerprint density at radius 1 is 1.18 bits per heavy atom. The van der Waals surface area contributed by atoms with Gasteiger partial charge in [0.15, 0.2) is 0 Å². The van der Waals surface area contributed by atoms with Crippen LogP contribution in [0.1, 0.15) is 45.1 Å². The third kappa shape index (κ3) is 4.88. The average Bonchev–Trinajstić information content (AvgIpc) is 2.39. The van der Waals surface area contributed by atoms with E-state index in [2.05, 4.69) is 49.6 Å². The molecule has 0 aliphatic carbocycles. The Morgan fingerprint density at radius 2 is 1.88 bits per heavy atom. The number of hydrazine groups is 1. The van der Waals surface area contributed by atoms with Crippen molar-refractivity contribution in [3.8, 4) is 0 Å². The van der Waals surface area contributed by atoms with Gasteiger partial charge in [0, 0.05) is 6.04 Å². The maximum Gasteiger partial charge on any atom is 0.0279 e. The average molecular weight is 234 g/mol. The van der Waals surface area contributed by atoms with Crippen molar-refractivity contribution < 1.29 is 0 Å². The first-order valence-electron chi connectivity index (χ1n) is 6.81. The van der Waals surface area contributed by atoms with Gasteiger partial charge in [0.1, 0.15) is 0 Å². The number of rotatable bonds is 8. The Labute approximate surface area is 106 Å². The van der Waals surface area contributed by atoms with Gasteiger partial charge in [-0.25, -0.2) is 0 Å². The van der Waals surface area contributed by atoms with Crippen molar-refractivity contribution in [1.82, 2.24) is 5.43 Å². The van der Waals surface area contributed by atoms with Crippen molar-refractivity contribution in [2.45, 2.75) is 52.0 Å². The summed E-state index contributed by atoms with van der Waals surface area (Å²) in [5, 5.41) is 0. The third-order valence-electron chi connectivity index (χ3n) is 3.53. The van der Waals surface area contributed by atoms with E-state index >= 15 is 0 Å². The zero-order valence-electron chi connectivity index (χ0n) is 11.2. The van der Waals surface area contributed by atoms with Gasteiger partial charge in [0.05, 0.1) is 0 Å². The van der Waals surface area contributed by atoms with E-state index in [0.717, 1.165) is 6.42 Å². The summed E-state index contributed by atoms with van der Waals surface area (Å²) in [6, 6.07) is 11.0. The Hall–Kier alpha value is -0.860. The number of nitrogens with two attached hydrogens (primary N) is 1. The van der Waals surface area contributed by atoms with E-state index in [1.165, 1.54) is 31.2 Å². The highest BCUT2D eigenvalue weighted by Crippen LogP contribution is 2.19. The van der Waals surface area contributed by atoms with Crippen LogP contribution in [0, 0.1) is 5.92 Å². The van der Waals surface area contributed by atoms with Crippen LogP contribution in [0.5, 0.6) is 0 Å². The van der Waals surface area contributed by atoms with Crippen LogP contribution in [0.25, 0.3) is 0 Å². The van der Waals surface area contributed by atoms with Crippen molar-refractivity contribution in [2.75, 3.05) is 0 Å². The molecule has 2 unspecified atom stereocenters. The van der Waals surface area contributed by atoms with Crippen LogP contribution in [-0.2, 0) is 6.42 Å². The van der Waals surface area contributed by atoms with Gasteiger partial charge in [-0.1, -0.05) is 63.4 Å². The summed E-state index contributed by atoms with van der Waals surface area (Å²) in [4.78, 5) is 0. The minimum absolute atomic E-state index is 0.397. The van der Waals surface area contributed by atoms with Crippen molar-refractivity contribution >= 4 is 0 Å². The summed E-state index contributed by atoms with van der Waals surface area (Å²) in [5.74, 6) is 6.40. The van der Waals surface area contributed by atoms with E-state index in [-0.39, 0.29) is 0 Å². The molecule has 1 rings (SSSR count). The van der Waals surface area contributed by atoms with Crippen molar-refractivity contribution in [1.29, 1.82) is 0 Å². The fourth-order valence-electron chi connectivity index (χ4n) is 2.39. The van der Waals surface area contributed by atoms with Crippen LogP contribution in [0.15, 0.2) is 30.3 Å². The first-order valence-corrected chi connectivity index (χ1v) is 6.81. The van der Waals surface area contributed by atoms with Gasteiger partial charge in [-0.3, -0.25) is 11.3 Å². The van der Waals surface area contributed by atoms with Gasteiger partial charge in [-0.15, -0.1) is 0 Å². The summed E-state index contributed by atoms with van der Waals surface area (Å²) >= 11 is 0. The molecule has 1 aromatic carbocycles. The maximum absolute atomic E-state index is 5.72. The van der Waals surface area contributed by atoms with E-state index in [4.69, 9.17) is 5.84 Å². The number of benzene rings is 1. The predicted octanol–water partition coefficient (Wildman–Crippen LogP) is 3.28. The Balaban J connectivity index is 2.56. The minimum atomic E-state index is 0.397. The molecule has 0 heterocycles. The normalized spacial score (nSPS) is 14.5. The molecule has 0 aliphatic rings. The van der Waals surface area contributed by atoms with E-state index in [1.807, 2.05) is 0 Å². The van der Waals surface area contributed by atoms with Gasteiger partial charge in [-0.05, 0) is 24.3 Å². The van der Waals surface area contributed by atoms with Crippen molar-refractivity contribution in [3.05, 3.63) is 35.9 Å². The highest BCUT2D eigenvalue weighted by atomic mass is 15.2. The zero-order valence-corrected chi connectivity index (χ0v) is 11.2. The molecule has 0 radical (unpaired) electrons. The predicted molar refractivity (Wildman–Crippen MR) is 74.6 cm³/mol. The second-order valence-electron chi connectivity index (χ2n) is 4.77. The number of hydrogen-bond donors (Lipinski definition) is 2. The summed E-state index contributed by atoms with van der Waals surface area (Å²) in [6.45, 7) is 4.50. The molecule has 17 heavy (non-hydrogen) atoms. The van der Waals surface area contributed by atoms with Crippen LogP contribution < -0.4 is 11.3 Å². The molecule has 0 aromatic heterocycles. The quantitative estimate of drug-likeness (QED) is 0.535. The first kappa shape index (κ1) is 14.2. The Bertz CT molecular complexity index is 284. The second kappa shape index (κ2) is 8.26. The molecule has 0 bridgehead atoms. The molecule has 0 aliphatic heterocycles. The van der Waals surface area contributed by atoms with E-state index in [9.17, 15) is 0 Å². The minimum Gasteiger partial charge on any atom is -0.271 e. The van der Waals surface area contributed by atoms with Gasteiger partial charge < -0.3 is 0 Å². The molecule has 3 N–H and O–H groups in total. The lowest BCUT2D eigenvalue weighted by Gasteiger charge is -2.25. The molecule has 1 aromatic rings. The zero-order chi connectivity index (χ0) is 12.5. The number of nitrogens with one attached hydrogen (secondary N) is 1. The van der Waals surface area contributed by atoms with Crippen LogP contribution >= 0.6 is 0 Å². The lowest BCUT2D eigenvalue weighted by Crippen LogP contribution is -2.42. The molecule has 0 amide bonds.